The van der Waals surface area contributed by atoms with E-state index in [0.717, 1.165) is 77.0 Å². The summed E-state index contributed by atoms with van der Waals surface area (Å²) in [5.41, 5.74) is 5.85. The second-order valence-corrected chi connectivity index (χ2v) is 14.0. The van der Waals surface area contributed by atoms with E-state index in [1.165, 1.54) is 16.7 Å². The smallest absolute Gasteiger partial charge is 0.321 e. The summed E-state index contributed by atoms with van der Waals surface area (Å²) in [6.45, 7) is 2.90. The summed E-state index contributed by atoms with van der Waals surface area (Å²) in [4.78, 5) is 34.9. The number of para-hydroxylation sites is 1. The molecule has 42 heavy (non-hydrogen) atoms. The minimum absolute atomic E-state index is 0.0644. The van der Waals surface area contributed by atoms with E-state index < -0.39 is 0 Å². The molecule has 3 aliphatic rings. The molecule has 9 heteroatoms. The number of anilines is 1. The molecule has 0 bridgehead atoms. The van der Waals surface area contributed by atoms with Gasteiger partial charge in [-0.05, 0) is 113 Å². The first kappa shape index (κ1) is 29.6. The van der Waals surface area contributed by atoms with Crippen LogP contribution in [0.15, 0.2) is 63.7 Å². The highest BCUT2D eigenvalue weighted by molar-refractivity contribution is 9.10. The predicted molar refractivity (Wildman–Crippen MR) is 174 cm³/mol. The fraction of sp³-hybridized carbons (Fsp3) is 0.424. The van der Waals surface area contributed by atoms with Crippen LogP contribution in [0.1, 0.15) is 60.4 Å². The molecule has 2 aromatic carbocycles. The van der Waals surface area contributed by atoms with Crippen LogP contribution < -0.4 is 5.32 Å². The van der Waals surface area contributed by atoms with Crippen LogP contribution in [0.5, 0.6) is 0 Å². The van der Waals surface area contributed by atoms with Crippen LogP contribution in [-0.4, -0.2) is 52.9 Å². The van der Waals surface area contributed by atoms with E-state index in [1.54, 1.807) is 0 Å². The quantitative estimate of drug-likeness (QED) is 0.298. The van der Waals surface area contributed by atoms with E-state index in [0.29, 0.717) is 31.3 Å². The third kappa shape index (κ3) is 6.56. The molecule has 6 rings (SSSR count). The van der Waals surface area contributed by atoms with Crippen LogP contribution in [0, 0.1) is 11.8 Å². The maximum atomic E-state index is 13.4. The molecular formula is C33H35Br2ClN4O2. The Morgan fingerprint density at radius 2 is 1.60 bits per heavy atom. The summed E-state index contributed by atoms with van der Waals surface area (Å²) in [6.07, 6.45) is 7.95. The van der Waals surface area contributed by atoms with Gasteiger partial charge in [-0.3, -0.25) is 9.78 Å². The van der Waals surface area contributed by atoms with Gasteiger partial charge < -0.3 is 15.1 Å². The van der Waals surface area contributed by atoms with Crippen molar-refractivity contribution in [1.29, 1.82) is 0 Å². The lowest BCUT2D eigenvalue weighted by atomic mass is 9.76. The SMILES string of the molecule is O=C(CC1CCN(C(=O)Nc2ccccc2)CC1)N1CCC([C@H]2c3ncc(Br)cc3CCc3cc(Cl)cc(Br)c32)CC1. The minimum Gasteiger partial charge on any atom is -0.343 e. The van der Waals surface area contributed by atoms with Gasteiger partial charge in [0.2, 0.25) is 5.91 Å². The highest BCUT2D eigenvalue weighted by Crippen LogP contribution is 2.46. The topological polar surface area (TPSA) is 65.5 Å². The third-order valence-electron chi connectivity index (χ3n) is 9.17. The van der Waals surface area contributed by atoms with Crippen molar-refractivity contribution in [3.8, 4) is 0 Å². The van der Waals surface area contributed by atoms with Crippen molar-refractivity contribution < 1.29 is 9.59 Å². The molecule has 0 spiro atoms. The summed E-state index contributed by atoms with van der Waals surface area (Å²) < 4.78 is 2.06. The largest absolute Gasteiger partial charge is 0.343 e. The number of urea groups is 1. The van der Waals surface area contributed by atoms with Gasteiger partial charge in [-0.15, -0.1) is 0 Å². The number of hydrogen-bond acceptors (Lipinski definition) is 3. The summed E-state index contributed by atoms with van der Waals surface area (Å²) >= 11 is 13.9. The standard InChI is InChI=1S/C33H35Br2ClN4O2/c34-25-17-24-7-6-23-18-26(36)19-28(35)30(23)31(32(24)37-20-25)22-10-14-39(15-11-22)29(41)16-21-8-12-40(13-9-21)33(42)38-27-4-2-1-3-5-27/h1-5,17-22,31H,6-16H2,(H,38,42)/t31-/m1/s1. The summed E-state index contributed by atoms with van der Waals surface area (Å²) in [7, 11) is 0. The number of carbonyl (C=O) groups excluding carboxylic acids is 2. The van der Waals surface area contributed by atoms with Gasteiger partial charge in [-0.25, -0.2) is 4.79 Å². The van der Waals surface area contributed by atoms with E-state index in [9.17, 15) is 9.59 Å². The lowest BCUT2D eigenvalue weighted by molar-refractivity contribution is -0.134. The number of nitrogens with one attached hydrogen (secondary N) is 1. The molecule has 3 amide bonds. The molecule has 2 saturated heterocycles. The van der Waals surface area contributed by atoms with Gasteiger partial charge in [0, 0.05) is 64.4 Å². The van der Waals surface area contributed by atoms with Crippen molar-refractivity contribution in [1.82, 2.24) is 14.8 Å². The second-order valence-electron chi connectivity index (χ2n) is 11.8. The second kappa shape index (κ2) is 13.1. The van der Waals surface area contributed by atoms with Crippen LogP contribution in [-0.2, 0) is 17.6 Å². The van der Waals surface area contributed by atoms with Crippen LogP contribution in [0.4, 0.5) is 10.5 Å². The molecule has 1 aromatic heterocycles. The van der Waals surface area contributed by atoms with Gasteiger partial charge >= 0.3 is 6.03 Å². The van der Waals surface area contributed by atoms with Crippen molar-refractivity contribution >= 4 is 61.1 Å². The number of halogens is 3. The number of aromatic nitrogens is 1. The Bertz CT molecular complexity index is 1450. The van der Waals surface area contributed by atoms with Gasteiger partial charge in [0.15, 0.2) is 0 Å². The highest BCUT2D eigenvalue weighted by Gasteiger charge is 2.37. The fourth-order valence-electron chi connectivity index (χ4n) is 6.95. The predicted octanol–water partition coefficient (Wildman–Crippen LogP) is 8.06. The third-order valence-corrected chi connectivity index (χ3v) is 10.5. The van der Waals surface area contributed by atoms with Crippen molar-refractivity contribution in [3.63, 3.8) is 0 Å². The molecule has 0 unspecified atom stereocenters. The number of fused-ring (bicyclic) bond motifs is 2. The van der Waals surface area contributed by atoms with E-state index in [1.807, 2.05) is 47.5 Å². The number of likely N-dealkylation sites (tertiary alicyclic amines) is 2. The van der Waals surface area contributed by atoms with Gasteiger partial charge in [-0.1, -0.05) is 45.7 Å². The Kier molecular flexibility index (Phi) is 9.22. The minimum atomic E-state index is -0.0644. The van der Waals surface area contributed by atoms with Gasteiger partial charge in [-0.2, -0.15) is 0 Å². The molecule has 6 nitrogen and oxygen atoms in total. The molecule has 1 N–H and O–H groups in total. The molecule has 3 heterocycles. The molecule has 220 valence electrons. The van der Waals surface area contributed by atoms with Crippen molar-refractivity contribution in [2.75, 3.05) is 31.5 Å². The lowest BCUT2D eigenvalue weighted by Gasteiger charge is -2.38. The first-order chi connectivity index (χ1) is 20.4. The first-order valence-electron chi connectivity index (χ1n) is 14.9. The van der Waals surface area contributed by atoms with E-state index >= 15 is 0 Å². The molecular weight excluding hydrogens is 680 g/mol. The Morgan fingerprint density at radius 3 is 2.33 bits per heavy atom. The zero-order chi connectivity index (χ0) is 29.2. The average Bonchev–Trinajstić information content (AvgIpc) is 3.15. The molecule has 2 fully saturated rings. The normalized spacial score (nSPS) is 19.5. The number of hydrogen-bond donors (Lipinski definition) is 1. The first-order valence-corrected chi connectivity index (χ1v) is 16.8. The molecule has 0 saturated carbocycles. The van der Waals surface area contributed by atoms with Gasteiger partial charge in [0.05, 0.1) is 5.69 Å². The number of amides is 3. The Hall–Kier alpha value is -2.42. The number of nitrogens with zero attached hydrogens (tertiary/aromatic N) is 3. The zero-order valence-corrected chi connectivity index (χ0v) is 27.4. The van der Waals surface area contributed by atoms with Crippen molar-refractivity contribution in [3.05, 3.63) is 91.1 Å². The van der Waals surface area contributed by atoms with Crippen LogP contribution in [0.2, 0.25) is 5.02 Å². The van der Waals surface area contributed by atoms with Crippen molar-refractivity contribution in [2.24, 2.45) is 11.8 Å². The number of carbonyl (C=O) groups is 2. The summed E-state index contributed by atoms with van der Waals surface area (Å²) in [5, 5.41) is 3.72. The Labute approximate surface area is 269 Å². The van der Waals surface area contributed by atoms with E-state index in [4.69, 9.17) is 16.6 Å². The zero-order valence-electron chi connectivity index (χ0n) is 23.5. The van der Waals surface area contributed by atoms with Gasteiger partial charge in [0.25, 0.3) is 0 Å². The average molecular weight is 715 g/mol. The number of benzene rings is 2. The van der Waals surface area contributed by atoms with E-state index in [-0.39, 0.29) is 17.9 Å². The molecule has 1 atom stereocenters. The number of rotatable bonds is 4. The molecule has 2 aliphatic heterocycles. The Morgan fingerprint density at radius 1 is 0.905 bits per heavy atom. The Balaban J connectivity index is 1.07. The number of aryl methyl sites for hydroxylation is 2. The van der Waals surface area contributed by atoms with Crippen LogP contribution in [0.25, 0.3) is 0 Å². The molecule has 1 aliphatic carbocycles. The lowest BCUT2D eigenvalue weighted by Crippen LogP contribution is -2.43. The number of piperidine rings is 2. The molecule has 3 aromatic rings. The number of pyridine rings is 1. The van der Waals surface area contributed by atoms with Crippen LogP contribution >= 0.6 is 43.5 Å². The van der Waals surface area contributed by atoms with Crippen molar-refractivity contribution in [2.45, 2.75) is 50.9 Å². The van der Waals surface area contributed by atoms with Crippen LogP contribution in [0.3, 0.4) is 0 Å². The molecule has 0 radical (unpaired) electrons. The fourth-order valence-corrected chi connectivity index (χ4v) is 8.45. The van der Waals surface area contributed by atoms with Gasteiger partial charge in [0.1, 0.15) is 0 Å². The monoisotopic (exact) mass is 712 g/mol. The summed E-state index contributed by atoms with van der Waals surface area (Å²) in [6, 6.07) is 15.8. The van der Waals surface area contributed by atoms with E-state index in [2.05, 4.69) is 54.2 Å². The summed E-state index contributed by atoms with van der Waals surface area (Å²) in [5.74, 6) is 1.13. The highest BCUT2D eigenvalue weighted by atomic mass is 79.9. The maximum Gasteiger partial charge on any atom is 0.321 e. The maximum absolute atomic E-state index is 13.4.